The van der Waals surface area contributed by atoms with E-state index >= 15 is 0 Å². The van der Waals surface area contributed by atoms with E-state index in [9.17, 15) is 0 Å². The largest absolute Gasteiger partial charge is 0.322 e. The van der Waals surface area contributed by atoms with E-state index in [0.717, 1.165) is 24.2 Å². The molecule has 0 heterocycles. The first-order valence-electron chi connectivity index (χ1n) is 7.52. The predicted octanol–water partition coefficient (Wildman–Crippen LogP) is 3.00. The van der Waals surface area contributed by atoms with Gasteiger partial charge in [0, 0.05) is 12.1 Å². The van der Waals surface area contributed by atoms with Crippen molar-refractivity contribution < 1.29 is 0 Å². The molecule has 0 aliphatic carbocycles. The molecule has 2 rings (SSSR count). The van der Waals surface area contributed by atoms with E-state index in [1.165, 1.54) is 0 Å². The summed E-state index contributed by atoms with van der Waals surface area (Å²) in [7, 11) is 0. The summed E-state index contributed by atoms with van der Waals surface area (Å²) in [4.78, 5) is 0. The van der Waals surface area contributed by atoms with Crippen molar-refractivity contribution in [3.63, 3.8) is 0 Å². The van der Waals surface area contributed by atoms with Crippen LogP contribution >= 0.6 is 0 Å². The molecule has 0 bridgehead atoms. The first-order valence-corrected chi connectivity index (χ1v) is 7.52. The second-order valence-electron chi connectivity index (χ2n) is 4.83. The first kappa shape index (κ1) is 17.4. The van der Waals surface area contributed by atoms with Crippen LogP contribution in [-0.4, -0.2) is 13.1 Å². The molecule has 0 aliphatic heterocycles. The third-order valence-corrected chi connectivity index (χ3v) is 3.26. The standard InChI is InChI=1S/C14H16N2.C4H11N/c15-13(11-7-3-1-4-8-11)14(16)12-9-5-2-6-10-12;1-3-5-4-2/h1-10,13-14H,15-16H2;5H,3-4H2,1-2H3. The molecule has 2 atom stereocenters. The lowest BCUT2D eigenvalue weighted by Crippen LogP contribution is -2.26. The molecule has 2 unspecified atom stereocenters. The van der Waals surface area contributed by atoms with Crippen LogP contribution in [0.25, 0.3) is 0 Å². The van der Waals surface area contributed by atoms with E-state index in [-0.39, 0.29) is 12.1 Å². The van der Waals surface area contributed by atoms with E-state index in [4.69, 9.17) is 11.5 Å². The lowest BCUT2D eigenvalue weighted by Gasteiger charge is -2.20. The SMILES string of the molecule is CCNCC.NC(c1ccccc1)C(N)c1ccccc1. The third-order valence-electron chi connectivity index (χ3n) is 3.26. The smallest absolute Gasteiger partial charge is 0.0491 e. The highest BCUT2D eigenvalue weighted by Gasteiger charge is 2.16. The Bertz CT molecular complexity index is 425. The van der Waals surface area contributed by atoms with E-state index in [0.29, 0.717) is 0 Å². The fourth-order valence-corrected chi connectivity index (χ4v) is 2.02. The van der Waals surface area contributed by atoms with Crippen LogP contribution in [0.4, 0.5) is 0 Å². The summed E-state index contributed by atoms with van der Waals surface area (Å²) in [6, 6.07) is 19.6. The number of nitrogens with one attached hydrogen (secondary N) is 1. The number of rotatable bonds is 5. The van der Waals surface area contributed by atoms with Gasteiger partial charge in [-0.05, 0) is 24.2 Å². The minimum absolute atomic E-state index is 0.163. The monoisotopic (exact) mass is 285 g/mol. The van der Waals surface area contributed by atoms with Gasteiger partial charge in [-0.1, -0.05) is 74.5 Å². The Morgan fingerprint density at radius 3 is 1.29 bits per heavy atom. The molecular weight excluding hydrogens is 258 g/mol. The molecule has 114 valence electrons. The third kappa shape index (κ3) is 6.08. The fraction of sp³-hybridized carbons (Fsp3) is 0.333. The van der Waals surface area contributed by atoms with Gasteiger partial charge in [0.05, 0.1) is 0 Å². The zero-order valence-corrected chi connectivity index (χ0v) is 13.0. The number of hydrogen-bond donors (Lipinski definition) is 3. The van der Waals surface area contributed by atoms with Gasteiger partial charge in [-0.25, -0.2) is 0 Å². The molecular formula is C18H27N3. The molecule has 3 nitrogen and oxygen atoms in total. The van der Waals surface area contributed by atoms with E-state index in [1.54, 1.807) is 0 Å². The molecule has 0 saturated carbocycles. The van der Waals surface area contributed by atoms with Gasteiger partial charge in [-0.3, -0.25) is 0 Å². The van der Waals surface area contributed by atoms with Gasteiger partial charge in [0.1, 0.15) is 0 Å². The Labute approximate surface area is 128 Å². The molecule has 0 radical (unpaired) electrons. The van der Waals surface area contributed by atoms with Crippen LogP contribution in [0.2, 0.25) is 0 Å². The molecule has 0 spiro atoms. The minimum atomic E-state index is -0.163. The number of hydrogen-bond acceptors (Lipinski definition) is 3. The molecule has 5 N–H and O–H groups in total. The summed E-state index contributed by atoms with van der Waals surface area (Å²) in [5, 5.41) is 3.11. The van der Waals surface area contributed by atoms with Crippen LogP contribution in [-0.2, 0) is 0 Å². The highest BCUT2D eigenvalue weighted by atomic mass is 14.8. The maximum atomic E-state index is 6.15. The summed E-state index contributed by atoms with van der Waals surface area (Å²) in [6.07, 6.45) is 0. The lowest BCUT2D eigenvalue weighted by atomic mass is 9.95. The summed E-state index contributed by atoms with van der Waals surface area (Å²) in [6.45, 7) is 6.39. The van der Waals surface area contributed by atoms with Crippen LogP contribution < -0.4 is 16.8 Å². The second-order valence-corrected chi connectivity index (χ2v) is 4.83. The topological polar surface area (TPSA) is 64.1 Å². The van der Waals surface area contributed by atoms with Crippen molar-refractivity contribution in [2.45, 2.75) is 25.9 Å². The quantitative estimate of drug-likeness (QED) is 0.791. The van der Waals surface area contributed by atoms with Crippen molar-refractivity contribution in [2.75, 3.05) is 13.1 Å². The van der Waals surface area contributed by atoms with E-state index in [1.807, 2.05) is 60.7 Å². The van der Waals surface area contributed by atoms with Crippen LogP contribution in [0.1, 0.15) is 37.1 Å². The van der Waals surface area contributed by atoms with Crippen molar-refractivity contribution in [3.8, 4) is 0 Å². The van der Waals surface area contributed by atoms with Gasteiger partial charge < -0.3 is 16.8 Å². The van der Waals surface area contributed by atoms with Crippen molar-refractivity contribution in [3.05, 3.63) is 71.8 Å². The van der Waals surface area contributed by atoms with Gasteiger partial charge in [-0.2, -0.15) is 0 Å². The molecule has 0 aromatic heterocycles. The number of benzene rings is 2. The van der Waals surface area contributed by atoms with Crippen molar-refractivity contribution in [1.29, 1.82) is 0 Å². The molecule has 3 heteroatoms. The Morgan fingerprint density at radius 1 is 0.714 bits per heavy atom. The zero-order valence-electron chi connectivity index (χ0n) is 13.0. The maximum Gasteiger partial charge on any atom is 0.0491 e. The first-order chi connectivity index (χ1) is 10.2. The van der Waals surface area contributed by atoms with Crippen LogP contribution in [0.5, 0.6) is 0 Å². The summed E-state index contributed by atoms with van der Waals surface area (Å²) < 4.78 is 0. The van der Waals surface area contributed by atoms with Gasteiger partial charge in [-0.15, -0.1) is 0 Å². The average molecular weight is 285 g/mol. The van der Waals surface area contributed by atoms with E-state index in [2.05, 4.69) is 19.2 Å². The number of nitrogens with two attached hydrogens (primary N) is 2. The van der Waals surface area contributed by atoms with Gasteiger partial charge in [0.2, 0.25) is 0 Å². The van der Waals surface area contributed by atoms with Crippen molar-refractivity contribution >= 4 is 0 Å². The summed E-state index contributed by atoms with van der Waals surface area (Å²) in [5.41, 5.74) is 14.4. The summed E-state index contributed by atoms with van der Waals surface area (Å²) in [5.74, 6) is 0. The minimum Gasteiger partial charge on any atom is -0.322 e. The van der Waals surface area contributed by atoms with Crippen LogP contribution in [0.15, 0.2) is 60.7 Å². The summed E-state index contributed by atoms with van der Waals surface area (Å²) >= 11 is 0. The Hall–Kier alpha value is -1.68. The van der Waals surface area contributed by atoms with Crippen LogP contribution in [0, 0.1) is 0 Å². The molecule has 2 aromatic rings. The molecule has 2 aromatic carbocycles. The molecule has 0 amide bonds. The molecule has 0 aliphatic rings. The predicted molar refractivity (Wildman–Crippen MR) is 91.0 cm³/mol. The Kier molecular flexibility index (Phi) is 8.36. The Morgan fingerprint density at radius 2 is 1.05 bits per heavy atom. The zero-order chi connectivity index (χ0) is 15.5. The normalized spacial score (nSPS) is 13.0. The Balaban J connectivity index is 0.000000383. The van der Waals surface area contributed by atoms with Crippen molar-refractivity contribution in [1.82, 2.24) is 5.32 Å². The van der Waals surface area contributed by atoms with Crippen molar-refractivity contribution in [2.24, 2.45) is 11.5 Å². The van der Waals surface area contributed by atoms with E-state index < -0.39 is 0 Å². The molecule has 0 fully saturated rings. The van der Waals surface area contributed by atoms with Gasteiger partial charge in [0.15, 0.2) is 0 Å². The molecule has 0 saturated heterocycles. The second kappa shape index (κ2) is 10.1. The van der Waals surface area contributed by atoms with Crippen LogP contribution in [0.3, 0.4) is 0 Å². The fourth-order valence-electron chi connectivity index (χ4n) is 2.02. The van der Waals surface area contributed by atoms with Gasteiger partial charge >= 0.3 is 0 Å². The molecule has 21 heavy (non-hydrogen) atoms. The lowest BCUT2D eigenvalue weighted by molar-refractivity contribution is 0.574. The average Bonchev–Trinajstić information content (AvgIpc) is 2.56. The maximum absolute atomic E-state index is 6.15. The highest BCUT2D eigenvalue weighted by molar-refractivity contribution is 5.26. The highest BCUT2D eigenvalue weighted by Crippen LogP contribution is 2.23. The van der Waals surface area contributed by atoms with Gasteiger partial charge in [0.25, 0.3) is 0 Å².